The first-order valence-corrected chi connectivity index (χ1v) is 7.39. The molecule has 106 valence electrons. The van der Waals surface area contributed by atoms with E-state index in [1.54, 1.807) is 0 Å². The zero-order chi connectivity index (χ0) is 13.4. The topological polar surface area (TPSA) is 35.6 Å². The van der Waals surface area contributed by atoms with Crippen molar-refractivity contribution in [1.82, 2.24) is 15.1 Å². The fourth-order valence-electron chi connectivity index (χ4n) is 2.56. The van der Waals surface area contributed by atoms with Gasteiger partial charge in [-0.3, -0.25) is 9.69 Å². The highest BCUT2D eigenvalue weighted by molar-refractivity contribution is 5.81. The van der Waals surface area contributed by atoms with Crippen molar-refractivity contribution in [3.05, 3.63) is 0 Å². The van der Waals surface area contributed by atoms with Crippen LogP contribution in [-0.2, 0) is 4.79 Å². The van der Waals surface area contributed by atoms with Crippen molar-refractivity contribution < 1.29 is 4.79 Å². The summed E-state index contributed by atoms with van der Waals surface area (Å²) in [4.78, 5) is 16.6. The van der Waals surface area contributed by atoms with Gasteiger partial charge in [-0.25, -0.2) is 0 Å². The second-order valence-corrected chi connectivity index (χ2v) is 5.19. The lowest BCUT2D eigenvalue weighted by Crippen LogP contribution is -2.47. The maximum absolute atomic E-state index is 12.0. The number of hydrogen-bond acceptors (Lipinski definition) is 3. The zero-order valence-electron chi connectivity index (χ0n) is 12.2. The van der Waals surface area contributed by atoms with E-state index in [2.05, 4.69) is 29.0 Å². The Kier molecular flexibility index (Phi) is 7.28. The monoisotopic (exact) mass is 255 g/mol. The van der Waals surface area contributed by atoms with Gasteiger partial charge in [-0.15, -0.1) is 0 Å². The Labute approximate surface area is 112 Å². The number of amides is 1. The molecule has 1 aliphatic rings. The first kappa shape index (κ1) is 15.4. The van der Waals surface area contributed by atoms with Gasteiger partial charge in [0.25, 0.3) is 0 Å². The quantitative estimate of drug-likeness (QED) is 0.745. The van der Waals surface area contributed by atoms with Crippen LogP contribution in [-0.4, -0.2) is 61.5 Å². The van der Waals surface area contributed by atoms with Gasteiger partial charge >= 0.3 is 0 Å². The molecule has 1 saturated heterocycles. The largest absolute Gasteiger partial charge is 0.353 e. The van der Waals surface area contributed by atoms with Gasteiger partial charge in [-0.05, 0) is 45.9 Å². The van der Waals surface area contributed by atoms with E-state index in [4.69, 9.17) is 0 Å². The molecule has 0 radical (unpaired) electrons. The standard InChI is InChI=1S/C14H29N3O/c1-4-13(16(3)5-2)14(18)15-9-12-17-10-7-6-8-11-17/h13H,4-12H2,1-3H3,(H,15,18). The van der Waals surface area contributed by atoms with Crippen LogP contribution in [0.3, 0.4) is 0 Å². The third kappa shape index (κ3) is 4.94. The molecule has 1 unspecified atom stereocenters. The van der Waals surface area contributed by atoms with E-state index in [0.717, 1.165) is 26.1 Å². The molecule has 0 spiro atoms. The molecule has 4 nitrogen and oxygen atoms in total. The number of nitrogens with one attached hydrogen (secondary N) is 1. The fraction of sp³-hybridized carbons (Fsp3) is 0.929. The summed E-state index contributed by atoms with van der Waals surface area (Å²) in [7, 11) is 2.01. The molecule has 0 aliphatic carbocycles. The van der Waals surface area contributed by atoms with Crippen LogP contribution in [0.25, 0.3) is 0 Å². The zero-order valence-corrected chi connectivity index (χ0v) is 12.2. The number of piperidine rings is 1. The first-order chi connectivity index (χ1) is 8.69. The van der Waals surface area contributed by atoms with Gasteiger partial charge in [0.15, 0.2) is 0 Å². The molecule has 0 aromatic heterocycles. The molecule has 1 aliphatic heterocycles. The summed E-state index contributed by atoms with van der Waals surface area (Å²) in [5, 5.41) is 3.07. The first-order valence-electron chi connectivity index (χ1n) is 7.39. The fourth-order valence-corrected chi connectivity index (χ4v) is 2.56. The van der Waals surface area contributed by atoms with Crippen LogP contribution in [0.15, 0.2) is 0 Å². The van der Waals surface area contributed by atoms with Crippen molar-refractivity contribution in [3.63, 3.8) is 0 Å². The van der Waals surface area contributed by atoms with E-state index in [1.807, 2.05) is 7.05 Å². The van der Waals surface area contributed by atoms with Gasteiger partial charge < -0.3 is 10.2 Å². The molecule has 1 fully saturated rings. The summed E-state index contributed by atoms with van der Waals surface area (Å²) in [6, 6.07) is 0.0244. The molecule has 1 N–H and O–H groups in total. The Balaban J connectivity index is 2.22. The highest BCUT2D eigenvalue weighted by atomic mass is 16.2. The Hall–Kier alpha value is -0.610. The molecule has 0 bridgehead atoms. The number of rotatable bonds is 7. The van der Waals surface area contributed by atoms with Crippen LogP contribution in [0.5, 0.6) is 0 Å². The van der Waals surface area contributed by atoms with Crippen LogP contribution in [0.4, 0.5) is 0 Å². The minimum absolute atomic E-state index is 0.0244. The maximum Gasteiger partial charge on any atom is 0.237 e. The summed E-state index contributed by atoms with van der Waals surface area (Å²) in [6.45, 7) is 9.25. The third-order valence-electron chi connectivity index (χ3n) is 3.90. The summed E-state index contributed by atoms with van der Waals surface area (Å²) in [5.41, 5.74) is 0. The van der Waals surface area contributed by atoms with Crippen molar-refractivity contribution in [2.75, 3.05) is 39.8 Å². The molecule has 4 heteroatoms. The average Bonchev–Trinajstić information content (AvgIpc) is 2.40. The van der Waals surface area contributed by atoms with Crippen LogP contribution >= 0.6 is 0 Å². The number of nitrogens with zero attached hydrogens (tertiary/aromatic N) is 2. The molecule has 0 aromatic carbocycles. The minimum atomic E-state index is 0.0244. The van der Waals surface area contributed by atoms with E-state index in [9.17, 15) is 4.79 Å². The van der Waals surface area contributed by atoms with Gasteiger partial charge in [0.2, 0.25) is 5.91 Å². The smallest absolute Gasteiger partial charge is 0.237 e. The molecule has 1 heterocycles. The van der Waals surface area contributed by atoms with Gasteiger partial charge in [0, 0.05) is 13.1 Å². The van der Waals surface area contributed by atoms with Gasteiger partial charge in [0.05, 0.1) is 6.04 Å². The second kappa shape index (κ2) is 8.48. The molecule has 1 amide bonds. The van der Waals surface area contributed by atoms with Crippen LogP contribution in [0, 0.1) is 0 Å². The molecular weight excluding hydrogens is 226 g/mol. The maximum atomic E-state index is 12.0. The average molecular weight is 255 g/mol. The van der Waals surface area contributed by atoms with Gasteiger partial charge in [0.1, 0.15) is 0 Å². The predicted octanol–water partition coefficient (Wildman–Crippen LogP) is 1.32. The highest BCUT2D eigenvalue weighted by Gasteiger charge is 2.19. The van der Waals surface area contributed by atoms with E-state index < -0.39 is 0 Å². The van der Waals surface area contributed by atoms with Crippen molar-refractivity contribution in [2.45, 2.75) is 45.6 Å². The third-order valence-corrected chi connectivity index (χ3v) is 3.90. The number of likely N-dealkylation sites (N-methyl/N-ethyl adjacent to an activating group) is 1. The molecule has 1 rings (SSSR count). The van der Waals surface area contributed by atoms with Crippen molar-refractivity contribution >= 4 is 5.91 Å². The van der Waals surface area contributed by atoms with Crippen molar-refractivity contribution in [3.8, 4) is 0 Å². The Morgan fingerprint density at radius 1 is 1.28 bits per heavy atom. The Bertz CT molecular complexity index is 239. The minimum Gasteiger partial charge on any atom is -0.353 e. The Morgan fingerprint density at radius 3 is 2.50 bits per heavy atom. The second-order valence-electron chi connectivity index (χ2n) is 5.19. The lowest BCUT2D eigenvalue weighted by Gasteiger charge is -2.28. The molecular formula is C14H29N3O. The van der Waals surface area contributed by atoms with Gasteiger partial charge in [-0.2, -0.15) is 0 Å². The predicted molar refractivity (Wildman–Crippen MR) is 75.7 cm³/mol. The van der Waals surface area contributed by atoms with E-state index >= 15 is 0 Å². The Morgan fingerprint density at radius 2 is 1.94 bits per heavy atom. The molecule has 0 saturated carbocycles. The lowest BCUT2D eigenvalue weighted by atomic mass is 10.1. The van der Waals surface area contributed by atoms with Crippen LogP contribution in [0.2, 0.25) is 0 Å². The highest BCUT2D eigenvalue weighted by Crippen LogP contribution is 2.07. The number of hydrogen-bond donors (Lipinski definition) is 1. The molecule has 1 atom stereocenters. The summed E-state index contributed by atoms with van der Waals surface area (Å²) in [5.74, 6) is 0.179. The van der Waals surface area contributed by atoms with E-state index in [0.29, 0.717) is 0 Å². The van der Waals surface area contributed by atoms with Crippen LogP contribution < -0.4 is 5.32 Å². The normalized spacial score (nSPS) is 18.9. The lowest BCUT2D eigenvalue weighted by molar-refractivity contribution is -0.126. The summed E-state index contributed by atoms with van der Waals surface area (Å²) >= 11 is 0. The van der Waals surface area contributed by atoms with Gasteiger partial charge in [-0.1, -0.05) is 20.3 Å². The SMILES string of the molecule is CCC(C(=O)NCCN1CCCCC1)N(C)CC. The summed E-state index contributed by atoms with van der Waals surface area (Å²) < 4.78 is 0. The number of carbonyl (C=O) groups excluding carboxylic acids is 1. The molecule has 0 aromatic rings. The van der Waals surface area contributed by atoms with Crippen molar-refractivity contribution in [1.29, 1.82) is 0 Å². The number of carbonyl (C=O) groups is 1. The molecule has 18 heavy (non-hydrogen) atoms. The van der Waals surface area contributed by atoms with E-state index in [-0.39, 0.29) is 11.9 Å². The summed E-state index contributed by atoms with van der Waals surface area (Å²) in [6.07, 6.45) is 4.86. The van der Waals surface area contributed by atoms with E-state index in [1.165, 1.54) is 32.4 Å². The van der Waals surface area contributed by atoms with Crippen LogP contribution in [0.1, 0.15) is 39.5 Å². The van der Waals surface area contributed by atoms with Crippen molar-refractivity contribution in [2.24, 2.45) is 0 Å². The number of likely N-dealkylation sites (tertiary alicyclic amines) is 1.